The molecule has 1 heterocycles. The number of hydrogen-bond acceptors (Lipinski definition) is 6. The molecule has 1 aromatic carbocycles. The van der Waals surface area contributed by atoms with Crippen molar-refractivity contribution >= 4 is 22.9 Å². The van der Waals surface area contributed by atoms with Crippen LogP contribution in [-0.4, -0.2) is 25.1 Å². The zero-order chi connectivity index (χ0) is 17.5. The van der Waals surface area contributed by atoms with Gasteiger partial charge in [0.15, 0.2) is 11.5 Å². The lowest BCUT2D eigenvalue weighted by Crippen LogP contribution is -2.14. The van der Waals surface area contributed by atoms with Gasteiger partial charge in [-0.3, -0.25) is 4.79 Å². The fraction of sp³-hybridized carbons (Fsp3) is 0.412. The summed E-state index contributed by atoms with van der Waals surface area (Å²) in [4.78, 5) is 16.7. The highest BCUT2D eigenvalue weighted by atomic mass is 32.1. The molecular formula is C17H23N3O3S. The first-order chi connectivity index (χ1) is 11.6. The van der Waals surface area contributed by atoms with Crippen molar-refractivity contribution in [1.29, 1.82) is 0 Å². The molecule has 0 aliphatic heterocycles. The maximum absolute atomic E-state index is 12.3. The fourth-order valence-corrected chi connectivity index (χ4v) is 3.05. The molecule has 1 amide bonds. The minimum Gasteiger partial charge on any atom is -0.493 e. The minimum absolute atomic E-state index is 0.113. The van der Waals surface area contributed by atoms with Crippen LogP contribution in [0.4, 0.5) is 5.69 Å². The molecule has 2 rings (SSSR count). The Labute approximate surface area is 146 Å². The van der Waals surface area contributed by atoms with E-state index in [1.54, 1.807) is 37.8 Å². The third-order valence-electron chi connectivity index (χ3n) is 3.58. The van der Waals surface area contributed by atoms with Crippen LogP contribution in [-0.2, 0) is 0 Å². The Morgan fingerprint density at radius 1 is 1.33 bits per heavy atom. The number of nitrogens with zero attached hydrogens (tertiary/aromatic N) is 1. The number of nitrogens with one attached hydrogen (secondary N) is 1. The first kappa shape index (κ1) is 18.2. The molecule has 2 aromatic rings. The van der Waals surface area contributed by atoms with Crippen molar-refractivity contribution in [1.82, 2.24) is 4.98 Å². The number of nitrogens with two attached hydrogens (primary N) is 1. The standard InChI is InChI=1S/C17H23N3O3S/c1-4-5-6-12(18)17-20-13(10-24-17)16(21)19-11-7-8-14(22-2)15(9-11)23-3/h7-10,12H,4-6,18H2,1-3H3,(H,19,21). The Hall–Kier alpha value is -2.12. The van der Waals surface area contributed by atoms with Crippen LogP contribution >= 0.6 is 11.3 Å². The zero-order valence-electron chi connectivity index (χ0n) is 14.2. The maximum Gasteiger partial charge on any atom is 0.275 e. The second kappa shape index (κ2) is 8.65. The van der Waals surface area contributed by atoms with Gasteiger partial charge in [-0.25, -0.2) is 4.98 Å². The van der Waals surface area contributed by atoms with Gasteiger partial charge in [-0.15, -0.1) is 11.3 Å². The molecule has 0 fully saturated rings. The summed E-state index contributed by atoms with van der Waals surface area (Å²) in [5.74, 6) is 0.886. The fourth-order valence-electron chi connectivity index (χ4n) is 2.22. The number of hydrogen-bond donors (Lipinski definition) is 2. The molecule has 6 nitrogen and oxygen atoms in total. The third-order valence-corrected chi connectivity index (χ3v) is 4.56. The highest BCUT2D eigenvalue weighted by molar-refractivity contribution is 7.09. The topological polar surface area (TPSA) is 86.5 Å². The summed E-state index contributed by atoms with van der Waals surface area (Å²) < 4.78 is 10.4. The lowest BCUT2D eigenvalue weighted by Gasteiger charge is -2.10. The van der Waals surface area contributed by atoms with E-state index in [0.29, 0.717) is 22.9 Å². The van der Waals surface area contributed by atoms with Crippen LogP contribution in [0.15, 0.2) is 23.6 Å². The molecule has 0 aliphatic carbocycles. The number of aromatic nitrogens is 1. The lowest BCUT2D eigenvalue weighted by molar-refractivity contribution is 0.102. The van der Waals surface area contributed by atoms with E-state index in [0.717, 1.165) is 24.3 Å². The van der Waals surface area contributed by atoms with Crippen LogP contribution in [0.3, 0.4) is 0 Å². The van der Waals surface area contributed by atoms with Crippen LogP contribution in [0.1, 0.15) is 47.7 Å². The second-order valence-electron chi connectivity index (χ2n) is 5.34. The molecular weight excluding hydrogens is 326 g/mol. The number of carbonyl (C=O) groups is 1. The molecule has 0 saturated carbocycles. The van der Waals surface area contributed by atoms with Crippen molar-refractivity contribution in [3.8, 4) is 11.5 Å². The molecule has 130 valence electrons. The first-order valence-corrected chi connectivity index (χ1v) is 8.71. The summed E-state index contributed by atoms with van der Waals surface area (Å²) in [6, 6.07) is 5.08. The number of anilines is 1. The summed E-state index contributed by atoms with van der Waals surface area (Å²) in [5.41, 5.74) is 7.09. The average molecular weight is 349 g/mol. The number of rotatable bonds is 8. The maximum atomic E-state index is 12.3. The first-order valence-electron chi connectivity index (χ1n) is 7.83. The molecule has 0 bridgehead atoms. The van der Waals surface area contributed by atoms with Gasteiger partial charge in [0.05, 0.1) is 20.3 Å². The Morgan fingerprint density at radius 3 is 2.75 bits per heavy atom. The van der Waals surface area contributed by atoms with Crippen LogP contribution in [0, 0.1) is 0 Å². The van der Waals surface area contributed by atoms with E-state index in [-0.39, 0.29) is 11.9 Å². The molecule has 0 saturated heterocycles. The molecule has 1 unspecified atom stereocenters. The van der Waals surface area contributed by atoms with Crippen molar-refractivity contribution < 1.29 is 14.3 Å². The van der Waals surface area contributed by atoms with Gasteiger partial charge in [0.1, 0.15) is 10.7 Å². The smallest absolute Gasteiger partial charge is 0.275 e. The lowest BCUT2D eigenvalue weighted by atomic mass is 10.1. The van der Waals surface area contributed by atoms with E-state index >= 15 is 0 Å². The van der Waals surface area contributed by atoms with Crippen molar-refractivity contribution in [2.75, 3.05) is 19.5 Å². The number of ether oxygens (including phenoxy) is 2. The largest absolute Gasteiger partial charge is 0.493 e. The number of unbranched alkanes of at least 4 members (excludes halogenated alkanes) is 1. The van der Waals surface area contributed by atoms with Crippen molar-refractivity contribution in [2.24, 2.45) is 5.73 Å². The Balaban J connectivity index is 2.06. The van der Waals surface area contributed by atoms with Gasteiger partial charge in [0.2, 0.25) is 0 Å². The van der Waals surface area contributed by atoms with Gasteiger partial charge in [0.25, 0.3) is 5.91 Å². The quantitative estimate of drug-likeness (QED) is 0.760. The summed E-state index contributed by atoms with van der Waals surface area (Å²) in [6.07, 6.45) is 3.01. The van der Waals surface area contributed by atoms with Crippen LogP contribution in [0.5, 0.6) is 11.5 Å². The summed E-state index contributed by atoms with van der Waals surface area (Å²) in [5, 5.41) is 5.33. The highest BCUT2D eigenvalue weighted by Gasteiger charge is 2.16. The van der Waals surface area contributed by atoms with E-state index in [4.69, 9.17) is 15.2 Å². The van der Waals surface area contributed by atoms with Gasteiger partial charge >= 0.3 is 0 Å². The van der Waals surface area contributed by atoms with Crippen LogP contribution in [0.2, 0.25) is 0 Å². The van der Waals surface area contributed by atoms with Gasteiger partial charge in [-0.1, -0.05) is 19.8 Å². The normalized spacial score (nSPS) is 11.8. The predicted octanol–water partition coefficient (Wildman–Crippen LogP) is 3.60. The average Bonchev–Trinajstić information content (AvgIpc) is 3.09. The summed E-state index contributed by atoms with van der Waals surface area (Å²) in [7, 11) is 3.11. The molecule has 0 radical (unpaired) electrons. The number of carbonyl (C=O) groups excluding carboxylic acids is 1. The zero-order valence-corrected chi connectivity index (χ0v) is 15.0. The number of benzene rings is 1. The van der Waals surface area contributed by atoms with Crippen LogP contribution in [0.25, 0.3) is 0 Å². The molecule has 24 heavy (non-hydrogen) atoms. The van der Waals surface area contributed by atoms with Gasteiger partial charge in [0, 0.05) is 17.1 Å². The molecule has 1 aromatic heterocycles. The van der Waals surface area contributed by atoms with E-state index in [2.05, 4.69) is 17.2 Å². The minimum atomic E-state index is -0.271. The van der Waals surface area contributed by atoms with E-state index in [1.807, 2.05) is 0 Å². The highest BCUT2D eigenvalue weighted by Crippen LogP contribution is 2.30. The van der Waals surface area contributed by atoms with Crippen molar-refractivity contribution in [3.05, 3.63) is 34.3 Å². The molecule has 1 atom stereocenters. The Morgan fingerprint density at radius 2 is 2.08 bits per heavy atom. The number of methoxy groups -OCH3 is 2. The monoisotopic (exact) mass is 349 g/mol. The summed E-state index contributed by atoms with van der Waals surface area (Å²) in [6.45, 7) is 2.12. The molecule has 3 N–H and O–H groups in total. The van der Waals surface area contributed by atoms with Gasteiger partial charge in [-0.2, -0.15) is 0 Å². The predicted molar refractivity (Wildman–Crippen MR) is 96.1 cm³/mol. The van der Waals surface area contributed by atoms with Crippen molar-refractivity contribution in [3.63, 3.8) is 0 Å². The van der Waals surface area contributed by atoms with Crippen molar-refractivity contribution in [2.45, 2.75) is 32.2 Å². The Kier molecular flexibility index (Phi) is 6.57. The molecule has 0 spiro atoms. The third kappa shape index (κ3) is 4.46. The second-order valence-corrected chi connectivity index (χ2v) is 6.23. The van der Waals surface area contributed by atoms with E-state index in [9.17, 15) is 4.79 Å². The number of thiazole rings is 1. The van der Waals surface area contributed by atoms with Crippen LogP contribution < -0.4 is 20.5 Å². The van der Waals surface area contributed by atoms with E-state index < -0.39 is 0 Å². The summed E-state index contributed by atoms with van der Waals surface area (Å²) >= 11 is 1.42. The van der Waals surface area contributed by atoms with Gasteiger partial charge in [-0.05, 0) is 18.6 Å². The van der Waals surface area contributed by atoms with Gasteiger partial charge < -0.3 is 20.5 Å². The molecule has 7 heteroatoms. The Bertz CT molecular complexity index is 687. The number of amides is 1. The molecule has 0 aliphatic rings. The SMILES string of the molecule is CCCCC(N)c1nc(C(=O)Nc2ccc(OC)c(OC)c2)cs1. The van der Waals surface area contributed by atoms with E-state index in [1.165, 1.54) is 11.3 Å².